The van der Waals surface area contributed by atoms with E-state index >= 15 is 0 Å². The maximum Gasteiger partial charge on any atom is 0.270 e. The highest BCUT2D eigenvalue weighted by Gasteiger charge is 2.12. The van der Waals surface area contributed by atoms with Crippen LogP contribution in [0, 0.1) is 11.6 Å². The van der Waals surface area contributed by atoms with E-state index in [0.717, 1.165) is 22.4 Å². The first-order chi connectivity index (χ1) is 12.5. The van der Waals surface area contributed by atoms with Gasteiger partial charge in [-0.3, -0.25) is 4.79 Å². The fourth-order valence-corrected chi connectivity index (χ4v) is 3.22. The van der Waals surface area contributed by atoms with E-state index in [1.165, 1.54) is 23.5 Å². The summed E-state index contributed by atoms with van der Waals surface area (Å²) >= 11 is 1.37. The van der Waals surface area contributed by atoms with Gasteiger partial charge in [0.25, 0.3) is 5.91 Å². The van der Waals surface area contributed by atoms with E-state index in [1.54, 1.807) is 12.5 Å². The highest BCUT2D eigenvalue weighted by Crippen LogP contribution is 2.25. The van der Waals surface area contributed by atoms with Gasteiger partial charge in [0.05, 0.1) is 7.11 Å². The summed E-state index contributed by atoms with van der Waals surface area (Å²) in [6.07, 6.45) is 0.329. The van der Waals surface area contributed by atoms with Gasteiger partial charge in [0.1, 0.15) is 28.1 Å². The number of carbonyl (C=O) groups is 1. The molecule has 3 aromatic rings. The molecule has 0 saturated heterocycles. The molecule has 0 fully saturated rings. The number of benzene rings is 2. The molecule has 0 aliphatic heterocycles. The van der Waals surface area contributed by atoms with Crippen molar-refractivity contribution in [1.82, 2.24) is 10.3 Å². The standard InChI is InChI=1S/C19H16F2N2O2S/c1-25-16-4-2-13(3-5-16)19-23-17(11-26-19)18(24)22-7-6-12-8-14(20)10-15(21)9-12/h2-5,8-11H,6-7H2,1H3,(H,22,24). The molecule has 0 aliphatic rings. The molecule has 0 saturated carbocycles. The molecular formula is C19H16F2N2O2S. The van der Waals surface area contributed by atoms with Crippen LogP contribution in [0.2, 0.25) is 0 Å². The van der Waals surface area contributed by atoms with Gasteiger partial charge in [-0.15, -0.1) is 11.3 Å². The number of halogens is 2. The number of ether oxygens (including phenoxy) is 1. The van der Waals surface area contributed by atoms with E-state index < -0.39 is 11.6 Å². The fraction of sp³-hybridized carbons (Fsp3) is 0.158. The van der Waals surface area contributed by atoms with Crippen molar-refractivity contribution in [2.45, 2.75) is 6.42 Å². The lowest BCUT2D eigenvalue weighted by atomic mass is 10.1. The predicted octanol–water partition coefficient (Wildman–Crippen LogP) is 4.07. The predicted molar refractivity (Wildman–Crippen MR) is 96.5 cm³/mol. The summed E-state index contributed by atoms with van der Waals surface area (Å²) in [5.74, 6) is -0.833. The summed E-state index contributed by atoms with van der Waals surface area (Å²) in [5.41, 5.74) is 1.69. The summed E-state index contributed by atoms with van der Waals surface area (Å²) in [4.78, 5) is 16.5. The second-order valence-corrected chi connectivity index (χ2v) is 6.41. The minimum absolute atomic E-state index is 0.261. The van der Waals surface area contributed by atoms with E-state index in [9.17, 15) is 13.6 Å². The van der Waals surface area contributed by atoms with Crippen LogP contribution in [-0.4, -0.2) is 24.5 Å². The second-order valence-electron chi connectivity index (χ2n) is 5.55. The Balaban J connectivity index is 1.59. The molecule has 2 aromatic carbocycles. The van der Waals surface area contributed by atoms with Gasteiger partial charge in [-0.25, -0.2) is 13.8 Å². The lowest BCUT2D eigenvalue weighted by molar-refractivity contribution is 0.0950. The lowest BCUT2D eigenvalue weighted by Crippen LogP contribution is -2.26. The Hall–Kier alpha value is -2.80. The molecule has 0 bridgehead atoms. The highest BCUT2D eigenvalue weighted by atomic mass is 32.1. The molecule has 0 atom stereocenters. The van der Waals surface area contributed by atoms with Gasteiger partial charge in [0, 0.05) is 23.6 Å². The van der Waals surface area contributed by atoms with Gasteiger partial charge in [0.2, 0.25) is 0 Å². The Bertz CT molecular complexity index is 890. The number of carbonyl (C=O) groups excluding carboxylic acids is 1. The smallest absolute Gasteiger partial charge is 0.270 e. The fourth-order valence-electron chi connectivity index (χ4n) is 2.41. The molecule has 1 amide bonds. The minimum Gasteiger partial charge on any atom is -0.497 e. The number of nitrogens with one attached hydrogen (secondary N) is 1. The van der Waals surface area contributed by atoms with Crippen LogP contribution in [0.3, 0.4) is 0 Å². The van der Waals surface area contributed by atoms with Gasteiger partial charge >= 0.3 is 0 Å². The van der Waals surface area contributed by atoms with Crippen LogP contribution >= 0.6 is 11.3 Å². The molecule has 0 spiro atoms. The quantitative estimate of drug-likeness (QED) is 0.708. The molecule has 0 radical (unpaired) electrons. The zero-order valence-electron chi connectivity index (χ0n) is 14.0. The third-order valence-electron chi connectivity index (χ3n) is 3.70. The number of hydrogen-bond donors (Lipinski definition) is 1. The molecule has 1 heterocycles. The Morgan fingerprint density at radius 1 is 1.15 bits per heavy atom. The van der Waals surface area contributed by atoms with Gasteiger partial charge in [0.15, 0.2) is 0 Å². The minimum atomic E-state index is -0.630. The highest BCUT2D eigenvalue weighted by molar-refractivity contribution is 7.13. The second kappa shape index (κ2) is 8.05. The molecule has 4 nitrogen and oxygen atoms in total. The number of nitrogens with zero attached hydrogens (tertiary/aromatic N) is 1. The summed E-state index contributed by atoms with van der Waals surface area (Å²) in [6, 6.07) is 10.7. The number of aromatic nitrogens is 1. The largest absolute Gasteiger partial charge is 0.497 e. The summed E-state index contributed by atoms with van der Waals surface area (Å²) in [5, 5.41) is 5.11. The Labute approximate surface area is 153 Å². The van der Waals surface area contributed by atoms with E-state index in [4.69, 9.17) is 4.74 Å². The Morgan fingerprint density at radius 3 is 2.50 bits per heavy atom. The molecule has 26 heavy (non-hydrogen) atoms. The third-order valence-corrected chi connectivity index (χ3v) is 4.59. The van der Waals surface area contributed by atoms with Crippen LogP contribution in [0.4, 0.5) is 8.78 Å². The van der Waals surface area contributed by atoms with Crippen molar-refractivity contribution in [2.75, 3.05) is 13.7 Å². The van der Waals surface area contributed by atoms with Crippen LogP contribution in [0.25, 0.3) is 10.6 Å². The van der Waals surface area contributed by atoms with Gasteiger partial charge in [-0.2, -0.15) is 0 Å². The first-order valence-electron chi connectivity index (χ1n) is 7.88. The van der Waals surface area contributed by atoms with Crippen molar-refractivity contribution < 1.29 is 18.3 Å². The lowest BCUT2D eigenvalue weighted by Gasteiger charge is -2.04. The summed E-state index contributed by atoms with van der Waals surface area (Å²) < 4.78 is 31.4. The van der Waals surface area contributed by atoms with Crippen LogP contribution in [0.5, 0.6) is 5.75 Å². The Morgan fingerprint density at radius 2 is 1.85 bits per heavy atom. The average Bonchev–Trinajstić information content (AvgIpc) is 3.11. The number of hydrogen-bond acceptors (Lipinski definition) is 4. The SMILES string of the molecule is COc1ccc(-c2nc(C(=O)NCCc3cc(F)cc(F)c3)cs2)cc1. The van der Waals surface area contributed by atoms with Gasteiger partial charge < -0.3 is 10.1 Å². The van der Waals surface area contributed by atoms with E-state index in [1.807, 2.05) is 24.3 Å². The molecule has 1 N–H and O–H groups in total. The normalized spacial score (nSPS) is 10.6. The van der Waals surface area contributed by atoms with Crippen molar-refractivity contribution in [3.05, 3.63) is 70.7 Å². The van der Waals surface area contributed by atoms with Crippen LogP contribution in [-0.2, 0) is 6.42 Å². The number of rotatable bonds is 6. The average molecular weight is 374 g/mol. The van der Waals surface area contributed by atoms with E-state index in [0.29, 0.717) is 17.7 Å². The first-order valence-corrected chi connectivity index (χ1v) is 8.76. The van der Waals surface area contributed by atoms with E-state index in [-0.39, 0.29) is 12.5 Å². The first kappa shape index (κ1) is 18.0. The summed E-state index contributed by atoms with van der Waals surface area (Å²) in [6.45, 7) is 0.261. The molecule has 0 aliphatic carbocycles. The van der Waals surface area contributed by atoms with Crippen molar-refractivity contribution in [3.63, 3.8) is 0 Å². The van der Waals surface area contributed by atoms with Crippen LogP contribution in [0.1, 0.15) is 16.1 Å². The molecule has 3 rings (SSSR count). The molecular weight excluding hydrogens is 358 g/mol. The number of amides is 1. The maximum absolute atomic E-state index is 13.1. The molecule has 0 unspecified atom stereocenters. The monoisotopic (exact) mass is 374 g/mol. The third kappa shape index (κ3) is 4.43. The van der Waals surface area contributed by atoms with Gasteiger partial charge in [-0.1, -0.05) is 0 Å². The van der Waals surface area contributed by atoms with Crippen molar-refractivity contribution in [2.24, 2.45) is 0 Å². The van der Waals surface area contributed by atoms with Gasteiger partial charge in [-0.05, 0) is 48.4 Å². The molecule has 7 heteroatoms. The zero-order chi connectivity index (χ0) is 18.5. The molecule has 134 valence electrons. The zero-order valence-corrected chi connectivity index (χ0v) is 14.8. The van der Waals surface area contributed by atoms with Crippen molar-refractivity contribution in [3.8, 4) is 16.3 Å². The van der Waals surface area contributed by atoms with Crippen LogP contribution < -0.4 is 10.1 Å². The van der Waals surface area contributed by atoms with Crippen LogP contribution in [0.15, 0.2) is 47.8 Å². The Kier molecular flexibility index (Phi) is 5.58. The topological polar surface area (TPSA) is 51.2 Å². The molecule has 1 aromatic heterocycles. The van der Waals surface area contributed by atoms with E-state index in [2.05, 4.69) is 10.3 Å². The summed E-state index contributed by atoms with van der Waals surface area (Å²) in [7, 11) is 1.60. The number of thiazole rings is 1. The van der Waals surface area contributed by atoms with Crippen molar-refractivity contribution >= 4 is 17.2 Å². The van der Waals surface area contributed by atoms with Crippen molar-refractivity contribution in [1.29, 1.82) is 0 Å². The maximum atomic E-state index is 13.1. The number of methoxy groups -OCH3 is 1.